The predicted octanol–water partition coefficient (Wildman–Crippen LogP) is 1.87. The number of ether oxygens (including phenoxy) is 5. The number of aromatic nitrogens is 1. The molecule has 0 aliphatic carbocycles. The molecule has 2 aliphatic rings. The lowest BCUT2D eigenvalue weighted by molar-refractivity contribution is -0.156. The average Bonchev–Trinajstić information content (AvgIpc) is 2.97. The van der Waals surface area contributed by atoms with Gasteiger partial charge in [-0.3, -0.25) is 4.98 Å². The Morgan fingerprint density at radius 3 is 2.85 bits per heavy atom. The Morgan fingerprint density at radius 2 is 2.04 bits per heavy atom. The van der Waals surface area contributed by atoms with Crippen molar-refractivity contribution >= 4 is 10.9 Å². The number of nitrogens with zero attached hydrogens (tertiary/aromatic N) is 1. The van der Waals surface area contributed by atoms with Gasteiger partial charge in [0.05, 0.1) is 25.3 Å². The molecular formula is C19H24N2O5. The molecule has 2 aromatic rings. The van der Waals surface area contributed by atoms with Gasteiger partial charge in [0.2, 0.25) is 0 Å². The number of hydrogen-bond acceptors (Lipinski definition) is 7. The van der Waals surface area contributed by atoms with Crippen LogP contribution >= 0.6 is 0 Å². The van der Waals surface area contributed by atoms with E-state index >= 15 is 0 Å². The van der Waals surface area contributed by atoms with Gasteiger partial charge in [0, 0.05) is 11.6 Å². The van der Waals surface area contributed by atoms with Gasteiger partial charge >= 0.3 is 0 Å². The van der Waals surface area contributed by atoms with Gasteiger partial charge in [0.1, 0.15) is 36.4 Å². The minimum absolute atomic E-state index is 0.193. The summed E-state index contributed by atoms with van der Waals surface area (Å²) in [6, 6.07) is 7.33. The standard InChI is InChI=1S/C19H24N2O5/c1-19(2)25-17-13(20)9-23-16(18(17)26-19)10-24-15-6-7-21-14-5-4-11(22-3)8-12(14)15/h4-8,13,16-18H,9-10,20H2,1-3H3/t13-,16+,17?,18?/m0/s1. The van der Waals surface area contributed by atoms with Crippen LogP contribution in [-0.2, 0) is 14.2 Å². The number of nitrogens with two attached hydrogens (primary N) is 1. The molecule has 3 heterocycles. The van der Waals surface area contributed by atoms with Crippen LogP contribution in [0.4, 0.5) is 0 Å². The molecular weight excluding hydrogens is 336 g/mol. The molecule has 140 valence electrons. The molecule has 2 unspecified atom stereocenters. The van der Waals surface area contributed by atoms with Gasteiger partial charge in [-0.2, -0.15) is 0 Å². The molecule has 1 aromatic carbocycles. The fourth-order valence-corrected chi connectivity index (χ4v) is 3.53. The number of benzene rings is 1. The fraction of sp³-hybridized carbons (Fsp3) is 0.526. The lowest BCUT2D eigenvalue weighted by Crippen LogP contribution is -2.56. The summed E-state index contributed by atoms with van der Waals surface area (Å²) in [4.78, 5) is 4.37. The highest BCUT2D eigenvalue weighted by molar-refractivity contribution is 5.86. The van der Waals surface area contributed by atoms with E-state index in [1.54, 1.807) is 13.3 Å². The first-order valence-corrected chi connectivity index (χ1v) is 8.75. The van der Waals surface area contributed by atoms with Crippen LogP contribution in [0.3, 0.4) is 0 Å². The van der Waals surface area contributed by atoms with Gasteiger partial charge in [-0.15, -0.1) is 0 Å². The molecule has 26 heavy (non-hydrogen) atoms. The summed E-state index contributed by atoms with van der Waals surface area (Å²) in [5, 5.41) is 0.889. The zero-order valence-corrected chi connectivity index (χ0v) is 15.2. The molecule has 0 bridgehead atoms. The van der Waals surface area contributed by atoms with E-state index in [0.717, 1.165) is 22.4 Å². The van der Waals surface area contributed by atoms with Crippen LogP contribution < -0.4 is 15.2 Å². The average molecular weight is 360 g/mol. The van der Waals surface area contributed by atoms with Crippen LogP contribution in [-0.4, -0.2) is 55.4 Å². The first-order valence-electron chi connectivity index (χ1n) is 8.75. The second-order valence-corrected chi connectivity index (χ2v) is 7.10. The Morgan fingerprint density at radius 1 is 1.23 bits per heavy atom. The summed E-state index contributed by atoms with van der Waals surface area (Å²) in [6.07, 6.45) is 1.02. The van der Waals surface area contributed by atoms with E-state index in [1.807, 2.05) is 38.1 Å². The molecule has 2 saturated heterocycles. The Labute approximate surface area is 152 Å². The smallest absolute Gasteiger partial charge is 0.163 e. The lowest BCUT2D eigenvalue weighted by Gasteiger charge is -2.35. The van der Waals surface area contributed by atoms with E-state index < -0.39 is 5.79 Å². The third-order valence-electron chi connectivity index (χ3n) is 4.77. The van der Waals surface area contributed by atoms with Crippen LogP contribution in [0.2, 0.25) is 0 Å². The van der Waals surface area contributed by atoms with Crippen molar-refractivity contribution in [3.63, 3.8) is 0 Å². The SMILES string of the molecule is COc1ccc2nccc(OC[C@H]3OC[C@H](N)C4OC(C)(C)OC43)c2c1. The van der Waals surface area contributed by atoms with Gasteiger partial charge in [-0.25, -0.2) is 0 Å². The third kappa shape index (κ3) is 3.23. The summed E-state index contributed by atoms with van der Waals surface area (Å²) in [6.45, 7) is 4.53. The molecule has 0 amide bonds. The van der Waals surface area contributed by atoms with Gasteiger partial charge in [-0.1, -0.05) is 0 Å². The second kappa shape index (κ2) is 6.66. The highest BCUT2D eigenvalue weighted by Crippen LogP contribution is 2.35. The summed E-state index contributed by atoms with van der Waals surface area (Å²) >= 11 is 0. The van der Waals surface area contributed by atoms with Crippen LogP contribution in [0.1, 0.15) is 13.8 Å². The molecule has 0 spiro atoms. The number of pyridine rings is 1. The van der Waals surface area contributed by atoms with Crippen LogP contribution in [0, 0.1) is 0 Å². The second-order valence-electron chi connectivity index (χ2n) is 7.10. The highest BCUT2D eigenvalue weighted by Gasteiger charge is 2.51. The molecule has 0 radical (unpaired) electrons. The van der Waals surface area contributed by atoms with E-state index in [9.17, 15) is 0 Å². The summed E-state index contributed by atoms with van der Waals surface area (Å²) in [7, 11) is 1.64. The van der Waals surface area contributed by atoms with Crippen molar-refractivity contribution in [3.8, 4) is 11.5 Å². The molecule has 7 nitrogen and oxygen atoms in total. The Balaban J connectivity index is 1.53. The van der Waals surface area contributed by atoms with Crippen LogP contribution in [0.5, 0.6) is 11.5 Å². The molecule has 4 rings (SSSR count). The van der Waals surface area contributed by atoms with E-state index in [1.165, 1.54) is 0 Å². The zero-order chi connectivity index (χ0) is 18.3. The van der Waals surface area contributed by atoms with Crippen molar-refractivity contribution in [3.05, 3.63) is 30.5 Å². The molecule has 1 aromatic heterocycles. The monoisotopic (exact) mass is 360 g/mol. The number of hydrogen-bond donors (Lipinski definition) is 1. The summed E-state index contributed by atoms with van der Waals surface area (Å²) < 4.78 is 29.2. The maximum atomic E-state index is 6.12. The minimum Gasteiger partial charge on any atom is -0.497 e. The van der Waals surface area contributed by atoms with Crippen molar-refractivity contribution in [1.82, 2.24) is 4.98 Å². The molecule has 4 atom stereocenters. The maximum absolute atomic E-state index is 6.12. The van der Waals surface area contributed by atoms with E-state index in [0.29, 0.717) is 13.2 Å². The van der Waals surface area contributed by atoms with Gasteiger partial charge < -0.3 is 29.4 Å². The molecule has 7 heteroatoms. The van der Waals surface area contributed by atoms with Crippen molar-refractivity contribution in [2.75, 3.05) is 20.3 Å². The van der Waals surface area contributed by atoms with E-state index in [-0.39, 0.29) is 24.4 Å². The minimum atomic E-state index is -0.671. The number of fused-ring (bicyclic) bond motifs is 2. The summed E-state index contributed by atoms with van der Waals surface area (Å²) in [5.74, 6) is 0.807. The molecule has 0 saturated carbocycles. The van der Waals surface area contributed by atoms with Crippen molar-refractivity contribution in [2.45, 2.75) is 44.0 Å². The highest BCUT2D eigenvalue weighted by atomic mass is 16.8. The number of methoxy groups -OCH3 is 1. The summed E-state index contributed by atoms with van der Waals surface area (Å²) in [5.41, 5.74) is 6.97. The van der Waals surface area contributed by atoms with Crippen LogP contribution in [0.25, 0.3) is 10.9 Å². The fourth-order valence-electron chi connectivity index (χ4n) is 3.53. The van der Waals surface area contributed by atoms with Crippen LogP contribution in [0.15, 0.2) is 30.5 Å². The molecule has 2 aliphatic heterocycles. The van der Waals surface area contributed by atoms with Crippen molar-refractivity contribution in [2.24, 2.45) is 5.73 Å². The molecule has 2 fully saturated rings. The third-order valence-corrected chi connectivity index (χ3v) is 4.77. The predicted molar refractivity (Wildman–Crippen MR) is 95.3 cm³/mol. The van der Waals surface area contributed by atoms with Crippen molar-refractivity contribution in [1.29, 1.82) is 0 Å². The Kier molecular flexibility index (Phi) is 4.48. The Hall–Kier alpha value is -1.93. The van der Waals surface area contributed by atoms with Gasteiger partial charge in [0.25, 0.3) is 0 Å². The van der Waals surface area contributed by atoms with Gasteiger partial charge in [-0.05, 0) is 38.1 Å². The first-order chi connectivity index (χ1) is 12.5. The normalized spacial score (nSPS) is 30.2. The van der Waals surface area contributed by atoms with E-state index in [4.69, 9.17) is 29.4 Å². The lowest BCUT2D eigenvalue weighted by atomic mass is 9.99. The maximum Gasteiger partial charge on any atom is 0.163 e. The number of rotatable bonds is 4. The largest absolute Gasteiger partial charge is 0.497 e. The Bertz CT molecular complexity index is 797. The molecule has 2 N–H and O–H groups in total. The zero-order valence-electron chi connectivity index (χ0n) is 15.2. The topological polar surface area (TPSA) is 85.1 Å². The first kappa shape index (κ1) is 17.5. The van der Waals surface area contributed by atoms with E-state index in [2.05, 4.69) is 4.98 Å². The quantitative estimate of drug-likeness (QED) is 0.891. The van der Waals surface area contributed by atoms with Crippen molar-refractivity contribution < 1.29 is 23.7 Å². The van der Waals surface area contributed by atoms with Gasteiger partial charge in [0.15, 0.2) is 5.79 Å².